The van der Waals surface area contributed by atoms with Gasteiger partial charge in [-0.05, 0) is 66.3 Å². The molecule has 0 bridgehead atoms. The van der Waals surface area contributed by atoms with E-state index in [2.05, 4.69) is 30.0 Å². The van der Waals surface area contributed by atoms with Crippen LogP contribution in [0.15, 0.2) is 84.6 Å². The van der Waals surface area contributed by atoms with E-state index in [-0.39, 0.29) is 37.7 Å². The van der Waals surface area contributed by atoms with Crippen molar-refractivity contribution in [2.45, 2.75) is 56.1 Å². The molecule has 0 spiro atoms. The minimum Gasteiger partial charge on any atom is -0.498 e. The molecule has 1 saturated heterocycles. The van der Waals surface area contributed by atoms with Crippen LogP contribution in [0, 0.1) is 0 Å². The summed E-state index contributed by atoms with van der Waals surface area (Å²) in [5, 5.41) is 11.7. The van der Waals surface area contributed by atoms with Crippen molar-refractivity contribution in [1.82, 2.24) is 4.90 Å². The topological polar surface area (TPSA) is 77.5 Å². The molecule has 1 N–H and O–H groups in total. The summed E-state index contributed by atoms with van der Waals surface area (Å²) < 4.78 is 23.1. The second-order valence-corrected chi connectivity index (χ2v) is 11.7. The Bertz CT molecular complexity index is 1400. The minimum absolute atomic E-state index is 0.0580. The Morgan fingerprint density at radius 3 is 2.31 bits per heavy atom. The first-order chi connectivity index (χ1) is 20.4. The van der Waals surface area contributed by atoms with Crippen molar-refractivity contribution < 1.29 is 28.8 Å². The molecule has 0 aliphatic carbocycles. The Labute approximate surface area is 247 Å². The number of benzene rings is 3. The highest BCUT2D eigenvalue weighted by atomic mass is 16.7. The monoisotopic (exact) mass is 569 g/mol. The molecule has 1 fully saturated rings. The lowest BCUT2D eigenvalue weighted by Gasteiger charge is -2.40. The van der Waals surface area contributed by atoms with Crippen LogP contribution in [0.25, 0.3) is 0 Å². The van der Waals surface area contributed by atoms with Gasteiger partial charge < -0.3 is 24.1 Å². The number of aliphatic hydroxyl groups is 1. The van der Waals surface area contributed by atoms with E-state index >= 15 is 0 Å². The molecule has 0 aromatic heterocycles. The number of fused-ring (bicyclic) bond motifs is 3. The van der Waals surface area contributed by atoms with E-state index in [1.807, 2.05) is 60.7 Å². The average Bonchev–Trinajstić information content (AvgIpc) is 3.62. The minimum atomic E-state index is -1.73. The molecular weight excluding hydrogens is 530 g/mol. The van der Waals surface area contributed by atoms with Crippen molar-refractivity contribution in [1.29, 1.82) is 0 Å². The number of esters is 1. The van der Waals surface area contributed by atoms with Gasteiger partial charge in [0, 0.05) is 30.8 Å². The molecule has 0 saturated carbocycles. The summed E-state index contributed by atoms with van der Waals surface area (Å²) in [6.45, 7) is 4.37. The largest absolute Gasteiger partial charge is 0.498 e. The standard InChI is InChI=1S/C35H39NO6/c1-25-30-19-32-31(41-24-42-32)18-28(30)14-17-36-16-9-15-34(25,36)22-29(39-2)23-40-33(37)35(38,20-26-10-5-3-6-11-26)21-27-12-7-4-8-13-27/h3-8,10-13,18-19,22,25,38H,9,14-17,20-21,23-24H2,1-2H3/b29-22+/t25-,34-/m0/s1. The third-order valence-electron chi connectivity index (χ3n) is 9.17. The van der Waals surface area contributed by atoms with E-state index in [1.165, 1.54) is 11.1 Å². The molecule has 0 amide bonds. The number of methoxy groups -OCH3 is 1. The van der Waals surface area contributed by atoms with Gasteiger partial charge in [0.1, 0.15) is 12.4 Å². The summed E-state index contributed by atoms with van der Waals surface area (Å²) in [7, 11) is 1.61. The molecule has 6 rings (SSSR count). The molecular formula is C35H39NO6. The lowest BCUT2D eigenvalue weighted by atomic mass is 9.77. The maximum Gasteiger partial charge on any atom is 0.339 e. The smallest absolute Gasteiger partial charge is 0.339 e. The highest BCUT2D eigenvalue weighted by molar-refractivity contribution is 5.80. The third kappa shape index (κ3) is 5.51. The van der Waals surface area contributed by atoms with Crippen LogP contribution in [0.3, 0.4) is 0 Å². The van der Waals surface area contributed by atoms with Crippen molar-refractivity contribution >= 4 is 5.97 Å². The average molecular weight is 570 g/mol. The zero-order chi connectivity index (χ0) is 29.2. The molecule has 3 heterocycles. The molecule has 3 aliphatic heterocycles. The van der Waals surface area contributed by atoms with Gasteiger partial charge in [0.15, 0.2) is 17.1 Å². The molecule has 3 aromatic carbocycles. The van der Waals surface area contributed by atoms with Crippen molar-refractivity contribution in [2.75, 3.05) is 33.6 Å². The molecule has 2 atom stereocenters. The molecule has 0 radical (unpaired) electrons. The molecule has 220 valence electrons. The number of carbonyl (C=O) groups excluding carboxylic acids is 1. The zero-order valence-corrected chi connectivity index (χ0v) is 24.4. The zero-order valence-electron chi connectivity index (χ0n) is 24.4. The van der Waals surface area contributed by atoms with Gasteiger partial charge in [-0.25, -0.2) is 4.79 Å². The molecule has 3 aliphatic rings. The molecule has 3 aromatic rings. The fraction of sp³-hybridized carbons (Fsp3) is 0.400. The van der Waals surface area contributed by atoms with Crippen LogP contribution in [-0.4, -0.2) is 60.7 Å². The Morgan fingerprint density at radius 2 is 1.67 bits per heavy atom. The maximum atomic E-state index is 13.6. The van der Waals surface area contributed by atoms with Crippen molar-refractivity contribution in [3.63, 3.8) is 0 Å². The van der Waals surface area contributed by atoms with Crippen molar-refractivity contribution in [3.05, 3.63) is 107 Å². The SMILES string of the molecule is CO/C(=C/[C@]12CCCN1CCc1cc3c(cc1[C@@H]2C)OCO3)COC(=O)C(O)(Cc1ccccc1)Cc1ccccc1. The highest BCUT2D eigenvalue weighted by Crippen LogP contribution is 2.48. The lowest BCUT2D eigenvalue weighted by Crippen LogP contribution is -2.46. The second-order valence-electron chi connectivity index (χ2n) is 11.7. The van der Waals surface area contributed by atoms with Gasteiger partial charge in [-0.3, -0.25) is 4.90 Å². The molecule has 42 heavy (non-hydrogen) atoms. The molecule has 7 nitrogen and oxygen atoms in total. The van der Waals surface area contributed by atoms with E-state index < -0.39 is 11.6 Å². The Kier molecular flexibility index (Phi) is 7.97. The van der Waals surface area contributed by atoms with Gasteiger partial charge in [-0.15, -0.1) is 0 Å². The summed E-state index contributed by atoms with van der Waals surface area (Å²) in [4.78, 5) is 16.1. The predicted octanol–water partition coefficient (Wildman–Crippen LogP) is 5.20. The van der Waals surface area contributed by atoms with E-state index in [0.717, 1.165) is 55.0 Å². The van der Waals surface area contributed by atoms with Gasteiger partial charge in [0.25, 0.3) is 0 Å². The molecule has 0 unspecified atom stereocenters. The first-order valence-corrected chi connectivity index (χ1v) is 14.8. The van der Waals surface area contributed by atoms with Gasteiger partial charge in [0.05, 0.1) is 7.11 Å². The second kappa shape index (κ2) is 11.8. The van der Waals surface area contributed by atoms with Gasteiger partial charge >= 0.3 is 5.97 Å². The summed E-state index contributed by atoms with van der Waals surface area (Å²) in [6, 6.07) is 23.4. The van der Waals surface area contributed by atoms with Gasteiger partial charge in [-0.2, -0.15) is 0 Å². The van der Waals surface area contributed by atoms with E-state index in [9.17, 15) is 9.90 Å². The Balaban J connectivity index is 1.25. The number of rotatable bonds is 9. The van der Waals surface area contributed by atoms with E-state index in [1.54, 1.807) is 7.11 Å². The fourth-order valence-corrected chi connectivity index (χ4v) is 6.95. The van der Waals surface area contributed by atoms with Crippen LogP contribution in [0.5, 0.6) is 11.5 Å². The van der Waals surface area contributed by atoms with Crippen molar-refractivity contribution in [3.8, 4) is 11.5 Å². The van der Waals surface area contributed by atoms with Crippen molar-refractivity contribution in [2.24, 2.45) is 0 Å². The van der Waals surface area contributed by atoms with E-state index in [0.29, 0.717) is 5.76 Å². The van der Waals surface area contributed by atoms with Crippen LogP contribution in [0.2, 0.25) is 0 Å². The summed E-state index contributed by atoms with van der Waals surface area (Å²) in [5.41, 5.74) is 2.25. The number of carbonyl (C=O) groups is 1. The van der Waals surface area contributed by atoms with Crippen LogP contribution in [0.4, 0.5) is 0 Å². The molecule has 7 heteroatoms. The summed E-state index contributed by atoms with van der Waals surface area (Å²) in [6.07, 6.45) is 5.42. The quantitative estimate of drug-likeness (QED) is 0.280. The predicted molar refractivity (Wildman–Crippen MR) is 160 cm³/mol. The van der Waals surface area contributed by atoms with Crippen LogP contribution < -0.4 is 9.47 Å². The summed E-state index contributed by atoms with van der Waals surface area (Å²) >= 11 is 0. The third-order valence-corrected chi connectivity index (χ3v) is 9.17. The number of hydrogen-bond donors (Lipinski definition) is 1. The van der Waals surface area contributed by atoms with Gasteiger partial charge in [0.2, 0.25) is 6.79 Å². The lowest BCUT2D eigenvalue weighted by molar-refractivity contribution is -0.165. The van der Waals surface area contributed by atoms with Crippen LogP contribution >= 0.6 is 0 Å². The first kappa shape index (κ1) is 28.3. The van der Waals surface area contributed by atoms with Crippen LogP contribution in [0.1, 0.15) is 47.9 Å². The first-order valence-electron chi connectivity index (χ1n) is 14.8. The fourth-order valence-electron chi connectivity index (χ4n) is 6.95. The highest BCUT2D eigenvalue weighted by Gasteiger charge is 2.47. The summed E-state index contributed by atoms with van der Waals surface area (Å²) in [5.74, 6) is 1.68. The Hall–Kier alpha value is -3.81. The maximum absolute atomic E-state index is 13.6. The number of hydrogen-bond acceptors (Lipinski definition) is 7. The number of nitrogens with zero attached hydrogens (tertiary/aromatic N) is 1. The Morgan fingerprint density at radius 1 is 1.02 bits per heavy atom. The van der Waals surface area contributed by atoms with E-state index in [4.69, 9.17) is 18.9 Å². The normalized spacial score (nSPS) is 21.8. The van der Waals surface area contributed by atoms with Crippen LogP contribution in [-0.2, 0) is 33.5 Å². The van der Waals surface area contributed by atoms with Gasteiger partial charge in [-0.1, -0.05) is 67.6 Å². The number of ether oxygens (including phenoxy) is 4.